The molecule has 0 aliphatic rings. The van der Waals surface area contributed by atoms with E-state index >= 15 is 0 Å². The summed E-state index contributed by atoms with van der Waals surface area (Å²) < 4.78 is 6.72. The zero-order valence-corrected chi connectivity index (χ0v) is 16.3. The molecule has 0 bridgehead atoms. The maximum absolute atomic E-state index is 13.0. The lowest BCUT2D eigenvalue weighted by molar-refractivity contribution is -0.155. The molecular formula is C23H22N2O4. The van der Waals surface area contributed by atoms with E-state index in [0.717, 1.165) is 11.1 Å². The van der Waals surface area contributed by atoms with E-state index < -0.39 is 18.0 Å². The lowest BCUT2D eigenvalue weighted by Crippen LogP contribution is -2.29. The van der Waals surface area contributed by atoms with Crippen LogP contribution >= 0.6 is 0 Å². The fourth-order valence-corrected chi connectivity index (χ4v) is 2.87. The Balaban J connectivity index is 1.82. The van der Waals surface area contributed by atoms with Gasteiger partial charge in [-0.15, -0.1) is 0 Å². The van der Waals surface area contributed by atoms with Gasteiger partial charge in [0.2, 0.25) is 6.10 Å². The van der Waals surface area contributed by atoms with E-state index in [9.17, 15) is 14.4 Å². The van der Waals surface area contributed by atoms with Crippen molar-refractivity contribution in [3.8, 4) is 0 Å². The summed E-state index contributed by atoms with van der Waals surface area (Å²) in [6, 6.07) is 19.1. The number of rotatable bonds is 6. The van der Waals surface area contributed by atoms with Gasteiger partial charge >= 0.3 is 5.97 Å². The number of carbonyl (C=O) groups is 2. The van der Waals surface area contributed by atoms with Gasteiger partial charge in [-0.2, -0.15) is 0 Å². The van der Waals surface area contributed by atoms with Gasteiger partial charge in [0.05, 0.1) is 0 Å². The molecule has 0 aliphatic carbocycles. The number of nitrogens with one attached hydrogen (secondary N) is 1. The minimum absolute atomic E-state index is 0.278. The summed E-state index contributed by atoms with van der Waals surface area (Å²) in [6.07, 6.45) is 0.361. The summed E-state index contributed by atoms with van der Waals surface area (Å²) in [7, 11) is 0. The minimum Gasteiger partial charge on any atom is -0.446 e. The summed E-state index contributed by atoms with van der Waals surface area (Å²) in [6.45, 7) is 3.54. The molecule has 3 rings (SSSR count). The maximum atomic E-state index is 13.0. The molecule has 29 heavy (non-hydrogen) atoms. The number of aromatic nitrogens is 1. The van der Waals surface area contributed by atoms with Crippen LogP contribution in [0, 0.1) is 13.8 Å². The number of benzene rings is 2. The molecular weight excluding hydrogens is 368 g/mol. The van der Waals surface area contributed by atoms with Crippen molar-refractivity contribution in [1.29, 1.82) is 0 Å². The third-order valence-electron chi connectivity index (χ3n) is 4.44. The highest BCUT2D eigenvalue weighted by Crippen LogP contribution is 2.23. The van der Waals surface area contributed by atoms with Gasteiger partial charge in [0, 0.05) is 23.5 Å². The Morgan fingerprint density at radius 3 is 2.45 bits per heavy atom. The van der Waals surface area contributed by atoms with E-state index in [1.54, 1.807) is 36.4 Å². The van der Waals surface area contributed by atoms with Crippen LogP contribution in [0.4, 0.5) is 5.69 Å². The first-order valence-electron chi connectivity index (χ1n) is 9.22. The molecule has 0 saturated heterocycles. The molecule has 1 amide bonds. The molecule has 1 atom stereocenters. The van der Waals surface area contributed by atoms with E-state index in [1.165, 1.54) is 16.8 Å². The van der Waals surface area contributed by atoms with E-state index in [-0.39, 0.29) is 12.1 Å². The van der Waals surface area contributed by atoms with Crippen LogP contribution in [0.2, 0.25) is 0 Å². The number of hydrogen-bond acceptors (Lipinski definition) is 4. The highest BCUT2D eigenvalue weighted by atomic mass is 16.5. The molecule has 0 spiro atoms. The van der Waals surface area contributed by atoms with Crippen LogP contribution in [0.15, 0.2) is 77.7 Å². The Morgan fingerprint density at radius 1 is 1.00 bits per heavy atom. The van der Waals surface area contributed by atoms with Crippen molar-refractivity contribution in [2.75, 3.05) is 5.32 Å². The molecule has 0 saturated carbocycles. The van der Waals surface area contributed by atoms with Crippen molar-refractivity contribution in [3.05, 3.63) is 100.0 Å². The number of ether oxygens (including phenoxy) is 1. The van der Waals surface area contributed by atoms with Gasteiger partial charge in [0.1, 0.15) is 6.54 Å². The number of anilines is 1. The van der Waals surface area contributed by atoms with Crippen LogP contribution in [-0.4, -0.2) is 16.4 Å². The zero-order chi connectivity index (χ0) is 20.8. The summed E-state index contributed by atoms with van der Waals surface area (Å²) >= 11 is 0. The fraction of sp³-hybridized carbons (Fsp3) is 0.174. The quantitative estimate of drug-likeness (QED) is 0.655. The van der Waals surface area contributed by atoms with Gasteiger partial charge in [-0.3, -0.25) is 14.4 Å². The van der Waals surface area contributed by atoms with Gasteiger partial charge in [0.25, 0.3) is 11.5 Å². The van der Waals surface area contributed by atoms with Gasteiger partial charge in [-0.05, 0) is 37.1 Å². The number of hydrogen-bond donors (Lipinski definition) is 1. The molecule has 6 nitrogen and oxygen atoms in total. The van der Waals surface area contributed by atoms with Crippen molar-refractivity contribution in [3.63, 3.8) is 0 Å². The Bertz CT molecular complexity index is 1070. The first kappa shape index (κ1) is 20.1. The molecule has 148 valence electrons. The van der Waals surface area contributed by atoms with E-state index in [2.05, 4.69) is 5.32 Å². The van der Waals surface area contributed by atoms with Crippen LogP contribution < -0.4 is 10.9 Å². The Kier molecular flexibility index (Phi) is 6.24. The van der Waals surface area contributed by atoms with Gasteiger partial charge in [-0.1, -0.05) is 48.5 Å². The number of esters is 1. The lowest BCUT2D eigenvalue weighted by Gasteiger charge is -2.19. The first-order valence-corrected chi connectivity index (χ1v) is 9.22. The predicted octanol–water partition coefficient (Wildman–Crippen LogP) is 3.39. The number of amides is 1. The van der Waals surface area contributed by atoms with E-state index in [0.29, 0.717) is 11.3 Å². The third-order valence-corrected chi connectivity index (χ3v) is 4.44. The lowest BCUT2D eigenvalue weighted by atomic mass is 10.1. The van der Waals surface area contributed by atoms with Crippen molar-refractivity contribution >= 4 is 17.6 Å². The first-order chi connectivity index (χ1) is 13.9. The monoisotopic (exact) mass is 390 g/mol. The smallest absolute Gasteiger partial charge is 0.327 e. The fourth-order valence-electron chi connectivity index (χ4n) is 2.87. The number of pyridine rings is 1. The molecule has 0 fully saturated rings. The highest BCUT2D eigenvalue weighted by molar-refractivity contribution is 5.96. The van der Waals surface area contributed by atoms with E-state index in [4.69, 9.17) is 4.74 Å². The second-order valence-electron chi connectivity index (χ2n) is 6.75. The zero-order valence-electron chi connectivity index (χ0n) is 16.3. The maximum Gasteiger partial charge on any atom is 0.327 e. The van der Waals surface area contributed by atoms with Crippen LogP contribution in [0.5, 0.6) is 0 Å². The molecule has 6 heteroatoms. The molecule has 1 aromatic heterocycles. The van der Waals surface area contributed by atoms with Crippen LogP contribution in [0.3, 0.4) is 0 Å². The summed E-state index contributed by atoms with van der Waals surface area (Å²) in [5, 5.41) is 2.85. The molecule has 1 heterocycles. The second kappa shape index (κ2) is 9.01. The van der Waals surface area contributed by atoms with Crippen LogP contribution in [0.25, 0.3) is 0 Å². The normalized spacial score (nSPS) is 11.5. The topological polar surface area (TPSA) is 77.4 Å². The van der Waals surface area contributed by atoms with Crippen molar-refractivity contribution < 1.29 is 14.3 Å². The number of carbonyl (C=O) groups excluding carboxylic acids is 2. The van der Waals surface area contributed by atoms with Crippen molar-refractivity contribution in [1.82, 2.24) is 4.57 Å². The van der Waals surface area contributed by atoms with Gasteiger partial charge < -0.3 is 14.6 Å². The molecule has 2 aromatic carbocycles. The Hall–Kier alpha value is -3.67. The SMILES string of the molecule is Cc1ccc(C)c(NC(=O)[C@H](OC(=O)Cn2ccccc2=O)c2ccccc2)c1. The highest BCUT2D eigenvalue weighted by Gasteiger charge is 2.25. The van der Waals surface area contributed by atoms with Crippen LogP contribution in [-0.2, 0) is 20.9 Å². The summed E-state index contributed by atoms with van der Waals surface area (Å²) in [5.74, 6) is -1.14. The van der Waals surface area contributed by atoms with Crippen molar-refractivity contribution in [2.24, 2.45) is 0 Å². The third kappa shape index (κ3) is 5.19. The molecule has 0 radical (unpaired) electrons. The van der Waals surface area contributed by atoms with E-state index in [1.807, 2.05) is 38.1 Å². The second-order valence-corrected chi connectivity index (χ2v) is 6.75. The Morgan fingerprint density at radius 2 is 1.72 bits per heavy atom. The summed E-state index contributed by atoms with van der Waals surface area (Å²) in [4.78, 5) is 37.3. The average Bonchev–Trinajstić information content (AvgIpc) is 2.71. The summed E-state index contributed by atoms with van der Waals surface area (Å²) in [5.41, 5.74) is 2.79. The van der Waals surface area contributed by atoms with Crippen LogP contribution in [0.1, 0.15) is 22.8 Å². The van der Waals surface area contributed by atoms with Gasteiger partial charge in [0.15, 0.2) is 0 Å². The molecule has 3 aromatic rings. The molecule has 1 N–H and O–H groups in total. The standard InChI is InChI=1S/C23H22N2O4/c1-16-11-12-17(2)19(14-16)24-23(28)22(18-8-4-3-5-9-18)29-21(27)15-25-13-7-6-10-20(25)26/h3-14,22H,15H2,1-2H3,(H,24,28)/t22-/m1/s1. The average molecular weight is 390 g/mol. The molecule has 0 aliphatic heterocycles. The molecule has 0 unspecified atom stereocenters. The van der Waals surface area contributed by atoms with Crippen molar-refractivity contribution in [2.45, 2.75) is 26.5 Å². The number of nitrogens with zero attached hydrogens (tertiary/aromatic N) is 1. The van der Waals surface area contributed by atoms with Gasteiger partial charge in [-0.25, -0.2) is 0 Å². The predicted molar refractivity (Wildman–Crippen MR) is 111 cm³/mol. The minimum atomic E-state index is -1.14. The largest absolute Gasteiger partial charge is 0.446 e. The number of aryl methyl sites for hydroxylation is 2. The Labute approximate surface area is 168 Å².